The lowest BCUT2D eigenvalue weighted by atomic mass is 9.73. The van der Waals surface area contributed by atoms with E-state index >= 15 is 0 Å². The maximum atomic E-state index is 12.4. The molecule has 5 nitrogen and oxygen atoms in total. The molecule has 1 aromatic rings. The fourth-order valence-corrected chi connectivity index (χ4v) is 4.10. The van der Waals surface area contributed by atoms with Gasteiger partial charge in [0.15, 0.2) is 0 Å². The third kappa shape index (κ3) is 3.81. The van der Waals surface area contributed by atoms with Crippen molar-refractivity contribution in [2.75, 3.05) is 17.3 Å². The second-order valence-corrected chi connectivity index (χ2v) is 11.5. The number of ether oxygens (including phenoxy) is 1. The first kappa shape index (κ1) is 18.2. The summed E-state index contributed by atoms with van der Waals surface area (Å²) in [5.41, 5.74) is 0.419. The van der Waals surface area contributed by atoms with Crippen molar-refractivity contribution in [3.05, 3.63) is 17.8 Å². The number of carbonyl (C=O) groups is 1. The van der Waals surface area contributed by atoms with Gasteiger partial charge in [0.25, 0.3) is 0 Å². The number of anilines is 1. The van der Waals surface area contributed by atoms with Crippen LogP contribution < -0.4 is 9.64 Å². The number of rotatable bonds is 6. The number of aliphatic hydroxyl groups is 1. The van der Waals surface area contributed by atoms with Crippen LogP contribution in [-0.4, -0.2) is 40.0 Å². The van der Waals surface area contributed by atoms with E-state index < -0.39 is 14.6 Å². The Bertz CT molecular complexity index is 621. The monoisotopic (exact) mass is 388 g/mol. The highest BCUT2D eigenvalue weighted by atomic mass is 33.5. The molecule has 0 bridgehead atoms. The van der Waals surface area contributed by atoms with Crippen molar-refractivity contribution in [3.63, 3.8) is 0 Å². The molecule has 1 aromatic heterocycles. The normalized spacial score (nSPS) is 26.7. The van der Waals surface area contributed by atoms with Gasteiger partial charge < -0.3 is 9.84 Å². The molecule has 134 valence electrons. The molecule has 1 amide bonds. The maximum absolute atomic E-state index is 12.4. The van der Waals surface area contributed by atoms with Gasteiger partial charge in [-0.25, -0.2) is 4.98 Å². The van der Waals surface area contributed by atoms with E-state index in [0.717, 1.165) is 29.3 Å². The van der Waals surface area contributed by atoms with Gasteiger partial charge in [0, 0.05) is 18.2 Å². The number of hydrogen-bond donors (Lipinski definition) is 4. The lowest BCUT2D eigenvalue weighted by Gasteiger charge is -2.49. The molecule has 3 rings (SSSR count). The van der Waals surface area contributed by atoms with Crippen LogP contribution in [0.2, 0.25) is 0 Å². The number of amides is 1. The van der Waals surface area contributed by atoms with Crippen molar-refractivity contribution in [2.24, 2.45) is 0 Å². The third-order valence-corrected chi connectivity index (χ3v) is 6.62. The van der Waals surface area contributed by atoms with Crippen LogP contribution in [-0.2, 0) is 11.2 Å². The van der Waals surface area contributed by atoms with Crippen molar-refractivity contribution < 1.29 is 14.6 Å². The smallest absolute Gasteiger partial charge is 0.228 e. The quantitative estimate of drug-likeness (QED) is 0.447. The molecule has 1 aliphatic carbocycles. The number of aromatic nitrogens is 1. The Balaban J connectivity index is 1.72. The standard InChI is InChI=1S/C16H24N2O3S3/c1-2-16(20)8-12(9-16)18-14(19)4-3-11-7-13(10-17-15(11)18)21-5-6-24(22)23/h7,10,12,20,22-24H,2-6,8-9H2,1H3/t12-,16-. The molecule has 0 unspecified atom stereocenters. The minimum Gasteiger partial charge on any atom is -0.491 e. The van der Waals surface area contributed by atoms with Crippen LogP contribution in [0.1, 0.15) is 38.2 Å². The van der Waals surface area contributed by atoms with E-state index in [1.54, 1.807) is 11.1 Å². The summed E-state index contributed by atoms with van der Waals surface area (Å²) in [5, 5.41) is 10.3. The second-order valence-electron chi connectivity index (χ2n) is 6.50. The summed E-state index contributed by atoms with van der Waals surface area (Å²) in [6, 6.07) is 2.03. The summed E-state index contributed by atoms with van der Waals surface area (Å²) >= 11 is 8.55. The largest absolute Gasteiger partial charge is 0.491 e. The van der Waals surface area contributed by atoms with Crippen LogP contribution >= 0.6 is 32.3 Å². The number of thiol groups is 3. The van der Waals surface area contributed by atoms with E-state index in [-0.39, 0.29) is 11.9 Å². The summed E-state index contributed by atoms with van der Waals surface area (Å²) in [6.45, 7) is 2.54. The molecule has 0 radical (unpaired) electrons. The molecule has 24 heavy (non-hydrogen) atoms. The molecule has 0 aromatic carbocycles. The topological polar surface area (TPSA) is 62.7 Å². The maximum Gasteiger partial charge on any atom is 0.228 e. The summed E-state index contributed by atoms with van der Waals surface area (Å²) in [6.07, 6.45) is 4.82. The number of pyridine rings is 1. The molecule has 8 heteroatoms. The fourth-order valence-electron chi connectivity index (χ4n) is 3.35. The van der Waals surface area contributed by atoms with E-state index in [9.17, 15) is 9.90 Å². The van der Waals surface area contributed by atoms with Crippen molar-refractivity contribution in [2.45, 2.75) is 50.7 Å². The molecule has 1 saturated carbocycles. The zero-order valence-electron chi connectivity index (χ0n) is 13.7. The fraction of sp³-hybridized carbons (Fsp3) is 0.625. The highest BCUT2D eigenvalue weighted by Gasteiger charge is 2.47. The zero-order valence-corrected chi connectivity index (χ0v) is 16.4. The molecular formula is C16H24N2O3S3. The van der Waals surface area contributed by atoms with E-state index in [0.29, 0.717) is 32.3 Å². The average molecular weight is 389 g/mol. The molecule has 0 spiro atoms. The van der Waals surface area contributed by atoms with Gasteiger partial charge in [0.2, 0.25) is 5.91 Å². The van der Waals surface area contributed by atoms with E-state index in [1.165, 1.54) is 0 Å². The Kier molecular flexibility index (Phi) is 5.58. The highest BCUT2D eigenvalue weighted by Crippen LogP contribution is 2.42. The van der Waals surface area contributed by atoms with Crippen LogP contribution in [0.5, 0.6) is 5.75 Å². The summed E-state index contributed by atoms with van der Waals surface area (Å²) < 4.78 is 5.71. The molecule has 0 atom stereocenters. The zero-order chi connectivity index (χ0) is 17.3. The number of carbonyl (C=O) groups excluding carboxylic acids is 1. The Hall–Kier alpha value is -0.570. The van der Waals surface area contributed by atoms with Gasteiger partial charge in [-0.15, -0.1) is 23.3 Å². The van der Waals surface area contributed by atoms with E-state index in [2.05, 4.69) is 28.3 Å². The summed E-state index contributed by atoms with van der Waals surface area (Å²) in [7, 11) is -0.567. The third-order valence-electron chi connectivity index (χ3n) is 4.84. The lowest BCUT2D eigenvalue weighted by Crippen LogP contribution is -2.58. The summed E-state index contributed by atoms with van der Waals surface area (Å²) in [4.78, 5) is 18.7. The minimum atomic E-state index is -0.621. The SMILES string of the molecule is CC[C@]1(O)C[C@H](N2C(=O)CCc3cc(OCC[SH](S)S)cnc32)C1. The van der Waals surface area contributed by atoms with E-state index in [4.69, 9.17) is 4.74 Å². The first-order chi connectivity index (χ1) is 11.4. The predicted molar refractivity (Wildman–Crippen MR) is 106 cm³/mol. The number of aryl methyl sites for hydroxylation is 1. The molecule has 1 fully saturated rings. The van der Waals surface area contributed by atoms with Crippen molar-refractivity contribution in [1.82, 2.24) is 4.98 Å². The minimum absolute atomic E-state index is 0.0534. The highest BCUT2D eigenvalue weighted by molar-refractivity contribution is 9.09. The summed E-state index contributed by atoms with van der Waals surface area (Å²) in [5.74, 6) is 2.36. The van der Waals surface area contributed by atoms with Crippen molar-refractivity contribution in [3.8, 4) is 5.75 Å². The molecule has 2 aliphatic rings. The van der Waals surface area contributed by atoms with Gasteiger partial charge >= 0.3 is 0 Å². The van der Waals surface area contributed by atoms with Gasteiger partial charge in [0.05, 0.1) is 18.4 Å². The first-order valence-corrected chi connectivity index (χ1v) is 12.1. The van der Waals surface area contributed by atoms with Crippen molar-refractivity contribution in [1.29, 1.82) is 0 Å². The van der Waals surface area contributed by atoms with Gasteiger partial charge in [-0.2, -0.15) is 8.96 Å². The number of fused-ring (bicyclic) bond motifs is 1. The lowest BCUT2D eigenvalue weighted by molar-refractivity contribution is -0.122. The van der Waals surface area contributed by atoms with Gasteiger partial charge in [0.1, 0.15) is 11.6 Å². The predicted octanol–water partition coefficient (Wildman–Crippen LogP) is 2.73. The van der Waals surface area contributed by atoms with Gasteiger partial charge in [-0.05, 0) is 37.3 Å². The molecule has 0 saturated heterocycles. The molecular weight excluding hydrogens is 364 g/mol. The van der Waals surface area contributed by atoms with Crippen LogP contribution in [0, 0.1) is 0 Å². The second kappa shape index (κ2) is 7.35. The van der Waals surface area contributed by atoms with Gasteiger partial charge in [-0.3, -0.25) is 9.69 Å². The van der Waals surface area contributed by atoms with Crippen molar-refractivity contribution >= 4 is 44.0 Å². The Labute approximate surface area is 155 Å². The first-order valence-electron chi connectivity index (χ1n) is 8.23. The number of hydrogen-bond acceptors (Lipinski definition) is 6. The Morgan fingerprint density at radius 1 is 1.46 bits per heavy atom. The van der Waals surface area contributed by atoms with Crippen LogP contribution in [0.25, 0.3) is 0 Å². The Morgan fingerprint density at radius 3 is 2.88 bits per heavy atom. The van der Waals surface area contributed by atoms with Crippen LogP contribution in [0.3, 0.4) is 0 Å². The van der Waals surface area contributed by atoms with Crippen LogP contribution in [0.4, 0.5) is 5.82 Å². The molecule has 2 heterocycles. The molecule has 1 N–H and O–H groups in total. The van der Waals surface area contributed by atoms with Gasteiger partial charge in [-0.1, -0.05) is 6.92 Å². The number of nitrogens with zero attached hydrogens (tertiary/aromatic N) is 2. The molecule has 1 aliphatic heterocycles. The Morgan fingerprint density at radius 2 is 2.21 bits per heavy atom. The van der Waals surface area contributed by atoms with E-state index in [1.807, 2.05) is 13.0 Å². The average Bonchev–Trinajstić information content (AvgIpc) is 2.52. The van der Waals surface area contributed by atoms with Crippen LogP contribution in [0.15, 0.2) is 12.3 Å².